The number of hydrogen-bond donors (Lipinski definition) is 1. The van der Waals surface area contributed by atoms with Crippen LogP contribution in [0.2, 0.25) is 0 Å². The molecule has 0 aliphatic rings. The first-order chi connectivity index (χ1) is 15.4. The Morgan fingerprint density at radius 2 is 1.58 bits per heavy atom. The van der Waals surface area contributed by atoms with Crippen LogP contribution in [0.25, 0.3) is 0 Å². The van der Waals surface area contributed by atoms with Gasteiger partial charge < -0.3 is 10.2 Å². The van der Waals surface area contributed by atoms with Crippen LogP contribution >= 0.6 is 15.9 Å². The first-order valence-corrected chi connectivity index (χ1v) is 13.4. The molecule has 2 rings (SSSR count). The van der Waals surface area contributed by atoms with Crippen molar-refractivity contribution < 1.29 is 18.0 Å². The largest absolute Gasteiger partial charge is 0.354 e. The van der Waals surface area contributed by atoms with E-state index in [1.807, 2.05) is 45.0 Å². The molecular weight excluding hydrogens is 506 g/mol. The van der Waals surface area contributed by atoms with Gasteiger partial charge in [0.1, 0.15) is 12.6 Å². The number of carbonyl (C=O) groups is 2. The van der Waals surface area contributed by atoms with E-state index in [0.717, 1.165) is 26.2 Å². The van der Waals surface area contributed by atoms with Gasteiger partial charge in [0.2, 0.25) is 21.8 Å². The van der Waals surface area contributed by atoms with Crippen LogP contribution in [0.15, 0.2) is 53.0 Å². The molecule has 2 aromatic carbocycles. The van der Waals surface area contributed by atoms with Crippen LogP contribution in [-0.4, -0.2) is 50.5 Å². The lowest BCUT2D eigenvalue weighted by Crippen LogP contribution is -2.51. The second-order valence-corrected chi connectivity index (χ2v) is 11.4. The van der Waals surface area contributed by atoms with Gasteiger partial charge >= 0.3 is 0 Å². The van der Waals surface area contributed by atoms with Gasteiger partial charge in [-0.3, -0.25) is 13.9 Å². The summed E-state index contributed by atoms with van der Waals surface area (Å²) >= 11 is 3.39. The number of carbonyl (C=O) groups excluding carboxylic acids is 2. The van der Waals surface area contributed by atoms with Crippen molar-refractivity contribution in [2.24, 2.45) is 5.92 Å². The topological polar surface area (TPSA) is 86.8 Å². The van der Waals surface area contributed by atoms with Gasteiger partial charge in [-0.25, -0.2) is 8.42 Å². The highest BCUT2D eigenvalue weighted by atomic mass is 79.9. The highest BCUT2D eigenvalue weighted by Crippen LogP contribution is 2.20. The Hall–Kier alpha value is -2.39. The van der Waals surface area contributed by atoms with E-state index >= 15 is 0 Å². The molecule has 2 amide bonds. The smallest absolute Gasteiger partial charge is 0.244 e. The summed E-state index contributed by atoms with van der Waals surface area (Å²) in [5, 5.41) is 2.86. The summed E-state index contributed by atoms with van der Waals surface area (Å²) < 4.78 is 27.0. The molecule has 0 aliphatic carbocycles. The molecule has 0 radical (unpaired) electrons. The Balaban J connectivity index is 2.34. The molecule has 0 aromatic heterocycles. The number of amides is 2. The number of nitrogens with zero attached hydrogens (tertiary/aromatic N) is 2. The molecule has 33 heavy (non-hydrogen) atoms. The second-order valence-electron chi connectivity index (χ2n) is 8.57. The summed E-state index contributed by atoms with van der Waals surface area (Å²) in [5.74, 6) is -0.481. The molecule has 0 saturated heterocycles. The van der Waals surface area contributed by atoms with Crippen molar-refractivity contribution in [2.75, 3.05) is 23.7 Å². The molecule has 0 heterocycles. The van der Waals surface area contributed by atoms with E-state index in [1.165, 1.54) is 4.90 Å². The number of aryl methyl sites for hydroxylation is 1. The number of rotatable bonds is 10. The molecule has 7 nitrogen and oxygen atoms in total. The Bertz CT molecular complexity index is 1050. The zero-order valence-electron chi connectivity index (χ0n) is 19.7. The lowest BCUT2D eigenvalue weighted by Gasteiger charge is -2.31. The number of benzene rings is 2. The molecule has 1 N–H and O–H groups in total. The van der Waals surface area contributed by atoms with Crippen LogP contribution < -0.4 is 9.62 Å². The first-order valence-electron chi connectivity index (χ1n) is 10.7. The summed E-state index contributed by atoms with van der Waals surface area (Å²) in [6.07, 6.45) is 1.07. The Kier molecular flexibility index (Phi) is 9.48. The van der Waals surface area contributed by atoms with Crippen molar-refractivity contribution >= 4 is 43.5 Å². The summed E-state index contributed by atoms with van der Waals surface area (Å²) in [5.41, 5.74) is 2.21. The monoisotopic (exact) mass is 537 g/mol. The van der Waals surface area contributed by atoms with E-state index in [4.69, 9.17) is 0 Å². The zero-order valence-corrected chi connectivity index (χ0v) is 22.1. The van der Waals surface area contributed by atoms with Crippen LogP contribution in [-0.2, 0) is 26.2 Å². The van der Waals surface area contributed by atoms with E-state index < -0.39 is 28.5 Å². The molecule has 0 spiro atoms. The average Bonchev–Trinajstić information content (AvgIpc) is 2.74. The fraction of sp³-hybridized carbons (Fsp3) is 0.417. The lowest BCUT2D eigenvalue weighted by atomic mass is 10.1. The Labute approximate surface area is 205 Å². The molecule has 180 valence electrons. The predicted molar refractivity (Wildman–Crippen MR) is 135 cm³/mol. The minimum Gasteiger partial charge on any atom is -0.354 e. The van der Waals surface area contributed by atoms with Crippen molar-refractivity contribution in [1.82, 2.24) is 10.2 Å². The minimum absolute atomic E-state index is 0.174. The highest BCUT2D eigenvalue weighted by Gasteiger charge is 2.30. The van der Waals surface area contributed by atoms with Crippen molar-refractivity contribution in [2.45, 2.75) is 40.3 Å². The molecule has 9 heteroatoms. The summed E-state index contributed by atoms with van der Waals surface area (Å²) in [6.45, 7) is 7.79. The third kappa shape index (κ3) is 8.16. The second kappa shape index (κ2) is 11.7. The van der Waals surface area contributed by atoms with Crippen molar-refractivity contribution in [3.05, 3.63) is 64.1 Å². The fourth-order valence-electron chi connectivity index (χ4n) is 3.15. The van der Waals surface area contributed by atoms with Gasteiger partial charge in [0.25, 0.3) is 0 Å². The van der Waals surface area contributed by atoms with Gasteiger partial charge in [-0.15, -0.1) is 0 Å². The van der Waals surface area contributed by atoms with Gasteiger partial charge in [0.05, 0.1) is 11.9 Å². The van der Waals surface area contributed by atoms with Crippen molar-refractivity contribution in [1.29, 1.82) is 0 Å². The number of halogens is 1. The predicted octanol–water partition coefficient (Wildman–Crippen LogP) is 3.71. The quantitative estimate of drug-likeness (QED) is 0.500. The summed E-state index contributed by atoms with van der Waals surface area (Å²) in [7, 11) is -3.73. The molecule has 1 atom stereocenters. The SMILES string of the molecule is Cc1ccc(N(CC(=O)N(Cc2ccc(Br)cc2)C(C)C(=O)NCC(C)C)S(C)(=O)=O)cc1. The molecule has 0 saturated carbocycles. The number of anilines is 1. The lowest BCUT2D eigenvalue weighted by molar-refractivity contribution is -0.139. The van der Waals surface area contributed by atoms with Crippen LogP contribution in [0.5, 0.6) is 0 Å². The third-order valence-electron chi connectivity index (χ3n) is 5.12. The number of sulfonamides is 1. The van der Waals surface area contributed by atoms with E-state index in [2.05, 4.69) is 21.2 Å². The Morgan fingerprint density at radius 3 is 2.09 bits per heavy atom. The normalized spacial score (nSPS) is 12.3. The molecule has 2 aromatic rings. The fourth-order valence-corrected chi connectivity index (χ4v) is 4.26. The van der Waals surface area contributed by atoms with Gasteiger partial charge in [-0.2, -0.15) is 0 Å². The molecule has 1 unspecified atom stereocenters. The van der Waals surface area contributed by atoms with Gasteiger partial charge in [0.15, 0.2) is 0 Å². The maximum atomic E-state index is 13.4. The molecular formula is C24H32BrN3O4S. The van der Waals surface area contributed by atoms with E-state index in [9.17, 15) is 18.0 Å². The van der Waals surface area contributed by atoms with Crippen LogP contribution in [0.3, 0.4) is 0 Å². The Morgan fingerprint density at radius 1 is 1.00 bits per heavy atom. The average molecular weight is 539 g/mol. The number of nitrogens with one attached hydrogen (secondary N) is 1. The third-order valence-corrected chi connectivity index (χ3v) is 6.79. The van der Waals surface area contributed by atoms with Crippen LogP contribution in [0.4, 0.5) is 5.69 Å². The van der Waals surface area contributed by atoms with E-state index in [0.29, 0.717) is 12.2 Å². The van der Waals surface area contributed by atoms with Crippen molar-refractivity contribution in [3.8, 4) is 0 Å². The maximum absolute atomic E-state index is 13.4. The molecule has 0 aliphatic heterocycles. The zero-order chi connectivity index (χ0) is 24.8. The van der Waals surface area contributed by atoms with Gasteiger partial charge in [0, 0.05) is 17.6 Å². The molecule has 0 fully saturated rings. The molecule has 0 bridgehead atoms. The highest BCUT2D eigenvalue weighted by molar-refractivity contribution is 9.10. The number of hydrogen-bond acceptors (Lipinski definition) is 4. The maximum Gasteiger partial charge on any atom is 0.244 e. The van der Waals surface area contributed by atoms with Gasteiger partial charge in [-0.05, 0) is 49.6 Å². The summed E-state index contributed by atoms with van der Waals surface area (Å²) in [4.78, 5) is 27.6. The van der Waals surface area contributed by atoms with E-state index in [1.54, 1.807) is 31.2 Å². The van der Waals surface area contributed by atoms with Crippen molar-refractivity contribution in [3.63, 3.8) is 0 Å². The summed E-state index contributed by atoms with van der Waals surface area (Å²) in [6, 6.07) is 13.6. The minimum atomic E-state index is -3.73. The van der Waals surface area contributed by atoms with Crippen LogP contribution in [0, 0.1) is 12.8 Å². The standard InChI is InChI=1S/C24H32BrN3O4S/c1-17(2)14-26-24(30)19(4)27(15-20-8-10-21(25)11-9-20)23(29)16-28(33(5,31)32)22-12-6-18(3)7-13-22/h6-13,17,19H,14-16H2,1-5H3,(H,26,30). The van der Waals surface area contributed by atoms with Gasteiger partial charge in [-0.1, -0.05) is 59.6 Å². The van der Waals surface area contributed by atoms with Crippen LogP contribution in [0.1, 0.15) is 31.9 Å². The van der Waals surface area contributed by atoms with E-state index in [-0.39, 0.29) is 18.4 Å². The first kappa shape index (κ1) is 26.9.